The Bertz CT molecular complexity index is 776. The Morgan fingerprint density at radius 1 is 0.750 bits per heavy atom. The maximum atomic E-state index is 12.4. The van der Waals surface area contributed by atoms with Crippen molar-refractivity contribution in [1.82, 2.24) is 5.32 Å². The summed E-state index contributed by atoms with van der Waals surface area (Å²) in [6, 6.07) is 18.5. The lowest BCUT2D eigenvalue weighted by atomic mass is 10.2. The normalized spacial score (nSPS) is 16.8. The highest BCUT2D eigenvalue weighted by atomic mass is 32.2. The third kappa shape index (κ3) is 2.38. The van der Waals surface area contributed by atoms with Crippen molar-refractivity contribution in [3.63, 3.8) is 0 Å². The molecule has 20 heavy (non-hydrogen) atoms. The minimum Gasteiger partial charge on any atom is -0.359 e. The van der Waals surface area contributed by atoms with E-state index < -0.39 is 9.84 Å². The standard InChI is InChI=1S/C16H13NO2S/c18-20(19)12-15(13-7-3-1-4-8-13)17-11-16(20)14-9-5-2-6-10-14/h1-12,17H. The average molecular weight is 283 g/mol. The van der Waals surface area contributed by atoms with Crippen molar-refractivity contribution in [3.05, 3.63) is 83.4 Å². The molecule has 0 amide bonds. The molecule has 1 aliphatic heterocycles. The van der Waals surface area contributed by atoms with E-state index >= 15 is 0 Å². The van der Waals surface area contributed by atoms with Crippen LogP contribution in [0.1, 0.15) is 11.1 Å². The van der Waals surface area contributed by atoms with E-state index in [0.29, 0.717) is 11.3 Å². The van der Waals surface area contributed by atoms with Gasteiger partial charge in [0.2, 0.25) is 9.84 Å². The third-order valence-electron chi connectivity index (χ3n) is 3.08. The van der Waals surface area contributed by atoms with E-state index in [1.807, 2.05) is 48.5 Å². The molecule has 3 nitrogen and oxygen atoms in total. The van der Waals surface area contributed by atoms with Crippen molar-refractivity contribution in [2.75, 3.05) is 0 Å². The van der Waals surface area contributed by atoms with Crippen LogP contribution in [-0.2, 0) is 9.84 Å². The number of hydrogen-bond donors (Lipinski definition) is 1. The van der Waals surface area contributed by atoms with E-state index in [2.05, 4.69) is 5.32 Å². The second kappa shape index (κ2) is 4.98. The number of sulfone groups is 1. The molecular weight excluding hydrogens is 270 g/mol. The lowest BCUT2D eigenvalue weighted by Gasteiger charge is -2.16. The molecule has 4 heteroatoms. The van der Waals surface area contributed by atoms with Crippen LogP contribution in [0.3, 0.4) is 0 Å². The monoisotopic (exact) mass is 283 g/mol. The Morgan fingerprint density at radius 2 is 1.30 bits per heavy atom. The van der Waals surface area contributed by atoms with Gasteiger partial charge in [-0.3, -0.25) is 0 Å². The van der Waals surface area contributed by atoms with Crippen LogP contribution in [-0.4, -0.2) is 8.42 Å². The summed E-state index contributed by atoms with van der Waals surface area (Å²) in [6.45, 7) is 0. The second-order valence-electron chi connectivity index (χ2n) is 4.46. The SMILES string of the molecule is O=S1(=O)C=C(c2ccccc2)NC=C1c1ccccc1. The highest BCUT2D eigenvalue weighted by Gasteiger charge is 2.22. The van der Waals surface area contributed by atoms with Crippen molar-refractivity contribution in [2.45, 2.75) is 0 Å². The Kier molecular flexibility index (Phi) is 3.16. The van der Waals surface area contributed by atoms with Gasteiger partial charge in [0.05, 0.1) is 16.0 Å². The molecule has 0 bridgehead atoms. The molecule has 1 heterocycles. The molecule has 100 valence electrons. The molecule has 0 unspecified atom stereocenters. The summed E-state index contributed by atoms with van der Waals surface area (Å²) in [4.78, 5) is 0.290. The zero-order valence-electron chi connectivity index (χ0n) is 10.7. The second-order valence-corrected chi connectivity index (χ2v) is 6.23. The Morgan fingerprint density at radius 3 is 1.85 bits per heavy atom. The number of benzene rings is 2. The molecule has 3 rings (SSSR count). The van der Waals surface area contributed by atoms with Crippen molar-refractivity contribution >= 4 is 20.4 Å². The summed E-state index contributed by atoms with van der Waals surface area (Å²) in [7, 11) is -3.44. The van der Waals surface area contributed by atoms with Crippen LogP contribution < -0.4 is 5.32 Å². The first-order valence-corrected chi connectivity index (χ1v) is 7.76. The van der Waals surface area contributed by atoms with Crippen LogP contribution in [0.25, 0.3) is 10.6 Å². The summed E-state index contributed by atoms with van der Waals surface area (Å²) in [6.07, 6.45) is 1.55. The summed E-state index contributed by atoms with van der Waals surface area (Å²) in [5.41, 5.74) is 2.12. The molecule has 1 N–H and O–H groups in total. The molecule has 0 fully saturated rings. The van der Waals surface area contributed by atoms with Crippen molar-refractivity contribution in [2.24, 2.45) is 0 Å². The van der Waals surface area contributed by atoms with Crippen LogP contribution in [0.2, 0.25) is 0 Å². The molecule has 0 radical (unpaired) electrons. The molecule has 1 aliphatic rings. The zero-order chi connectivity index (χ0) is 14.0. The molecular formula is C16H13NO2S. The lowest BCUT2D eigenvalue weighted by Crippen LogP contribution is -2.15. The molecule has 0 saturated heterocycles. The van der Waals surface area contributed by atoms with E-state index in [1.165, 1.54) is 5.41 Å². The zero-order valence-corrected chi connectivity index (χ0v) is 11.5. The molecule has 2 aromatic rings. The minimum absolute atomic E-state index is 0.290. The van der Waals surface area contributed by atoms with E-state index in [-0.39, 0.29) is 4.91 Å². The van der Waals surface area contributed by atoms with Gasteiger partial charge in [-0.15, -0.1) is 0 Å². The lowest BCUT2D eigenvalue weighted by molar-refractivity contribution is 0.613. The fraction of sp³-hybridized carbons (Fsp3) is 0. The predicted molar refractivity (Wildman–Crippen MR) is 80.9 cm³/mol. The quantitative estimate of drug-likeness (QED) is 0.921. The van der Waals surface area contributed by atoms with Crippen LogP contribution >= 0.6 is 0 Å². The Hall–Kier alpha value is -2.33. The summed E-state index contributed by atoms with van der Waals surface area (Å²) in [5.74, 6) is 0. The minimum atomic E-state index is -3.44. The molecule has 0 spiro atoms. The third-order valence-corrected chi connectivity index (χ3v) is 4.59. The Balaban J connectivity index is 2.01. The van der Waals surface area contributed by atoms with Crippen LogP contribution in [0, 0.1) is 0 Å². The first-order chi connectivity index (χ1) is 9.67. The topological polar surface area (TPSA) is 46.2 Å². The molecule has 0 aliphatic carbocycles. The molecule has 0 saturated carbocycles. The van der Waals surface area contributed by atoms with Crippen LogP contribution in [0.5, 0.6) is 0 Å². The van der Waals surface area contributed by atoms with E-state index in [0.717, 1.165) is 5.56 Å². The van der Waals surface area contributed by atoms with Gasteiger partial charge in [0.15, 0.2) is 0 Å². The number of nitrogens with one attached hydrogen (secondary N) is 1. The van der Waals surface area contributed by atoms with Crippen molar-refractivity contribution in [1.29, 1.82) is 0 Å². The van der Waals surface area contributed by atoms with Crippen LogP contribution in [0.4, 0.5) is 0 Å². The van der Waals surface area contributed by atoms with Crippen molar-refractivity contribution in [3.8, 4) is 0 Å². The van der Waals surface area contributed by atoms with E-state index in [4.69, 9.17) is 0 Å². The van der Waals surface area contributed by atoms with Crippen molar-refractivity contribution < 1.29 is 8.42 Å². The van der Waals surface area contributed by atoms with Gasteiger partial charge in [-0.1, -0.05) is 60.7 Å². The summed E-state index contributed by atoms with van der Waals surface area (Å²) < 4.78 is 24.8. The van der Waals surface area contributed by atoms with Crippen LogP contribution in [0.15, 0.2) is 72.3 Å². The van der Waals surface area contributed by atoms with Gasteiger partial charge in [-0.05, 0) is 11.1 Å². The molecule has 0 aromatic heterocycles. The van der Waals surface area contributed by atoms with E-state index in [1.54, 1.807) is 18.3 Å². The van der Waals surface area contributed by atoms with Gasteiger partial charge in [0.1, 0.15) is 0 Å². The first kappa shape index (κ1) is 12.7. The molecule has 2 aromatic carbocycles. The maximum absolute atomic E-state index is 12.4. The smallest absolute Gasteiger partial charge is 0.203 e. The van der Waals surface area contributed by atoms with Gasteiger partial charge >= 0.3 is 0 Å². The largest absolute Gasteiger partial charge is 0.359 e. The number of hydrogen-bond acceptors (Lipinski definition) is 3. The fourth-order valence-electron chi connectivity index (χ4n) is 2.10. The predicted octanol–water partition coefficient (Wildman–Crippen LogP) is 3.00. The molecule has 0 atom stereocenters. The summed E-state index contributed by atoms with van der Waals surface area (Å²) in [5, 5.41) is 4.34. The fourth-order valence-corrected chi connectivity index (χ4v) is 3.43. The first-order valence-electron chi connectivity index (χ1n) is 6.21. The Labute approximate surface area is 118 Å². The highest BCUT2D eigenvalue weighted by molar-refractivity contribution is 8.03. The number of rotatable bonds is 2. The average Bonchev–Trinajstić information content (AvgIpc) is 2.48. The highest BCUT2D eigenvalue weighted by Crippen LogP contribution is 2.28. The van der Waals surface area contributed by atoms with Gasteiger partial charge in [0.25, 0.3) is 0 Å². The van der Waals surface area contributed by atoms with Gasteiger partial charge in [0, 0.05) is 6.20 Å². The maximum Gasteiger partial charge on any atom is 0.203 e. The van der Waals surface area contributed by atoms with E-state index in [9.17, 15) is 8.42 Å². The van der Waals surface area contributed by atoms with Gasteiger partial charge < -0.3 is 5.32 Å². The summed E-state index contributed by atoms with van der Waals surface area (Å²) >= 11 is 0. The van der Waals surface area contributed by atoms with Gasteiger partial charge in [-0.2, -0.15) is 0 Å². The van der Waals surface area contributed by atoms with Gasteiger partial charge in [-0.25, -0.2) is 8.42 Å².